The third-order valence-corrected chi connectivity index (χ3v) is 5.43. The molecule has 0 aromatic heterocycles. The van der Waals surface area contributed by atoms with Crippen molar-refractivity contribution in [2.24, 2.45) is 5.92 Å². The number of hydrogen-bond acceptors (Lipinski definition) is 4. The summed E-state index contributed by atoms with van der Waals surface area (Å²) >= 11 is 0. The summed E-state index contributed by atoms with van der Waals surface area (Å²) < 4.78 is 27.9. The van der Waals surface area contributed by atoms with E-state index in [0.29, 0.717) is 23.5 Å². The Kier molecular flexibility index (Phi) is 7.19. The Morgan fingerprint density at radius 1 is 1.39 bits per heavy atom. The first-order valence-electron chi connectivity index (χ1n) is 7.00. The zero-order valence-corrected chi connectivity index (χ0v) is 12.5. The maximum atomic E-state index is 11.4. The molecule has 2 unspecified atom stereocenters. The van der Waals surface area contributed by atoms with Crippen LogP contribution in [0, 0.1) is 5.92 Å². The summed E-state index contributed by atoms with van der Waals surface area (Å²) in [7, 11) is -1.01. The van der Waals surface area contributed by atoms with Gasteiger partial charge in [0, 0.05) is 19.8 Å². The quantitative estimate of drug-likeness (QED) is 0.651. The number of sulfone groups is 1. The van der Waals surface area contributed by atoms with Crippen LogP contribution in [0.1, 0.15) is 39.0 Å². The van der Waals surface area contributed by atoms with E-state index in [1.54, 1.807) is 7.11 Å². The largest absolute Gasteiger partial charge is 0.385 e. The van der Waals surface area contributed by atoms with E-state index in [-0.39, 0.29) is 0 Å². The van der Waals surface area contributed by atoms with Crippen LogP contribution in [0.25, 0.3) is 0 Å². The molecule has 1 saturated heterocycles. The fraction of sp³-hybridized carbons (Fsp3) is 1.00. The van der Waals surface area contributed by atoms with Crippen LogP contribution in [0.3, 0.4) is 0 Å². The van der Waals surface area contributed by atoms with Crippen molar-refractivity contribution in [2.75, 3.05) is 31.8 Å². The Morgan fingerprint density at radius 2 is 2.17 bits per heavy atom. The number of nitrogens with one attached hydrogen (secondary N) is 1. The number of ether oxygens (including phenoxy) is 1. The molecule has 0 aromatic rings. The summed E-state index contributed by atoms with van der Waals surface area (Å²) in [6, 6.07) is 0.463. The molecule has 1 N–H and O–H groups in total. The van der Waals surface area contributed by atoms with Crippen molar-refractivity contribution in [2.45, 2.75) is 45.1 Å². The van der Waals surface area contributed by atoms with Gasteiger partial charge in [-0.25, -0.2) is 8.42 Å². The minimum Gasteiger partial charge on any atom is -0.385 e. The first kappa shape index (κ1) is 15.9. The SMILES string of the molecule is CCNC(CCCCOC)CC1CCS(=O)(=O)C1. The molecule has 18 heavy (non-hydrogen) atoms. The highest BCUT2D eigenvalue weighted by Crippen LogP contribution is 2.24. The number of hydrogen-bond donors (Lipinski definition) is 1. The fourth-order valence-corrected chi connectivity index (χ4v) is 4.57. The molecule has 0 saturated carbocycles. The van der Waals surface area contributed by atoms with Crippen molar-refractivity contribution in [1.82, 2.24) is 5.32 Å². The van der Waals surface area contributed by atoms with Crippen LogP contribution in [0.5, 0.6) is 0 Å². The first-order valence-corrected chi connectivity index (χ1v) is 8.82. The first-order chi connectivity index (χ1) is 8.57. The zero-order valence-electron chi connectivity index (χ0n) is 11.7. The van der Waals surface area contributed by atoms with E-state index < -0.39 is 9.84 Å². The van der Waals surface area contributed by atoms with Crippen molar-refractivity contribution in [3.05, 3.63) is 0 Å². The Bertz CT molecular complexity index is 316. The van der Waals surface area contributed by atoms with Gasteiger partial charge >= 0.3 is 0 Å². The average molecular weight is 277 g/mol. The Morgan fingerprint density at radius 3 is 2.72 bits per heavy atom. The minimum atomic E-state index is -2.73. The third kappa shape index (κ3) is 6.16. The van der Waals surface area contributed by atoms with Crippen molar-refractivity contribution in [3.63, 3.8) is 0 Å². The van der Waals surface area contributed by atoms with E-state index in [1.807, 2.05) is 0 Å². The second-order valence-corrected chi connectivity index (χ2v) is 7.48. The molecule has 2 atom stereocenters. The summed E-state index contributed by atoms with van der Waals surface area (Å²) in [6.45, 7) is 3.87. The molecule has 1 aliphatic rings. The highest BCUT2D eigenvalue weighted by molar-refractivity contribution is 7.91. The van der Waals surface area contributed by atoms with E-state index in [4.69, 9.17) is 4.74 Å². The van der Waals surface area contributed by atoms with Gasteiger partial charge in [0.05, 0.1) is 11.5 Å². The van der Waals surface area contributed by atoms with Gasteiger partial charge in [-0.05, 0) is 44.6 Å². The van der Waals surface area contributed by atoms with E-state index >= 15 is 0 Å². The van der Waals surface area contributed by atoms with E-state index in [9.17, 15) is 8.42 Å². The van der Waals surface area contributed by atoms with Gasteiger partial charge in [-0.15, -0.1) is 0 Å². The Labute approximate surface area is 111 Å². The lowest BCUT2D eigenvalue weighted by molar-refractivity contribution is 0.190. The lowest BCUT2D eigenvalue weighted by atomic mass is 9.96. The van der Waals surface area contributed by atoms with Crippen molar-refractivity contribution >= 4 is 9.84 Å². The van der Waals surface area contributed by atoms with E-state index in [2.05, 4.69) is 12.2 Å². The number of methoxy groups -OCH3 is 1. The number of unbranched alkanes of at least 4 members (excludes halogenated alkanes) is 1. The summed E-state index contributed by atoms with van der Waals surface area (Å²) in [6.07, 6.45) is 5.20. The smallest absolute Gasteiger partial charge is 0.150 e. The third-order valence-electron chi connectivity index (χ3n) is 3.59. The van der Waals surface area contributed by atoms with Gasteiger partial charge in [0.15, 0.2) is 9.84 Å². The summed E-state index contributed by atoms with van der Waals surface area (Å²) in [5.41, 5.74) is 0. The van der Waals surface area contributed by atoms with Gasteiger partial charge in [-0.1, -0.05) is 6.92 Å². The molecule has 1 aliphatic heterocycles. The molecule has 4 nitrogen and oxygen atoms in total. The van der Waals surface area contributed by atoms with E-state index in [1.165, 1.54) is 0 Å². The van der Waals surface area contributed by atoms with Crippen LogP contribution in [-0.2, 0) is 14.6 Å². The Balaban J connectivity index is 2.29. The van der Waals surface area contributed by atoms with Crippen molar-refractivity contribution < 1.29 is 13.2 Å². The molecule has 0 bridgehead atoms. The van der Waals surface area contributed by atoms with E-state index in [0.717, 1.165) is 45.3 Å². The van der Waals surface area contributed by atoms with Gasteiger partial charge < -0.3 is 10.1 Å². The molecule has 0 spiro atoms. The highest BCUT2D eigenvalue weighted by atomic mass is 32.2. The molecule has 5 heteroatoms. The summed E-state index contributed by atoms with van der Waals surface area (Å²) in [5, 5.41) is 3.48. The molecule has 0 aromatic carbocycles. The normalized spacial score (nSPS) is 24.2. The molecule has 108 valence electrons. The molecule has 0 radical (unpaired) electrons. The van der Waals surface area contributed by atoms with Crippen LogP contribution in [-0.4, -0.2) is 46.2 Å². The maximum absolute atomic E-state index is 11.4. The second kappa shape index (κ2) is 8.12. The summed E-state index contributed by atoms with van der Waals surface area (Å²) in [5.74, 6) is 1.15. The van der Waals surface area contributed by atoms with Gasteiger partial charge in [0.25, 0.3) is 0 Å². The zero-order chi connectivity index (χ0) is 13.4. The van der Waals surface area contributed by atoms with Crippen molar-refractivity contribution in [3.8, 4) is 0 Å². The molecule has 1 rings (SSSR count). The fourth-order valence-electron chi connectivity index (χ4n) is 2.69. The van der Waals surface area contributed by atoms with Crippen LogP contribution < -0.4 is 5.32 Å². The summed E-state index contributed by atoms with van der Waals surface area (Å²) in [4.78, 5) is 0. The van der Waals surface area contributed by atoms with Gasteiger partial charge in [0.2, 0.25) is 0 Å². The number of rotatable bonds is 9. The predicted octanol–water partition coefficient (Wildman–Crippen LogP) is 1.61. The second-order valence-electron chi connectivity index (χ2n) is 5.25. The molecule has 1 fully saturated rings. The maximum Gasteiger partial charge on any atom is 0.150 e. The highest BCUT2D eigenvalue weighted by Gasteiger charge is 2.29. The lowest BCUT2D eigenvalue weighted by Gasteiger charge is -2.20. The molecular weight excluding hydrogens is 250 g/mol. The van der Waals surface area contributed by atoms with Gasteiger partial charge in [0.1, 0.15) is 0 Å². The topological polar surface area (TPSA) is 55.4 Å². The van der Waals surface area contributed by atoms with Gasteiger partial charge in [-0.3, -0.25) is 0 Å². The van der Waals surface area contributed by atoms with Crippen LogP contribution in [0.4, 0.5) is 0 Å². The van der Waals surface area contributed by atoms with Gasteiger partial charge in [-0.2, -0.15) is 0 Å². The standard InChI is InChI=1S/C13H27NO3S/c1-3-14-13(6-4-5-8-17-2)10-12-7-9-18(15,16)11-12/h12-14H,3-11H2,1-2H3. The Hall–Kier alpha value is -0.130. The van der Waals surface area contributed by atoms with Crippen LogP contribution in [0.2, 0.25) is 0 Å². The van der Waals surface area contributed by atoms with Crippen molar-refractivity contribution in [1.29, 1.82) is 0 Å². The molecule has 1 heterocycles. The predicted molar refractivity (Wildman–Crippen MR) is 74.6 cm³/mol. The molecular formula is C13H27NO3S. The molecule has 0 amide bonds. The average Bonchev–Trinajstić information content (AvgIpc) is 2.64. The van der Waals surface area contributed by atoms with Crippen LogP contribution in [0.15, 0.2) is 0 Å². The minimum absolute atomic E-state index is 0.362. The van der Waals surface area contributed by atoms with Crippen LogP contribution >= 0.6 is 0 Å². The monoisotopic (exact) mass is 277 g/mol. The molecule has 0 aliphatic carbocycles. The lowest BCUT2D eigenvalue weighted by Crippen LogP contribution is -2.31.